The summed E-state index contributed by atoms with van der Waals surface area (Å²) in [7, 11) is 0. The van der Waals surface area contributed by atoms with E-state index in [1.165, 1.54) is 5.57 Å². The van der Waals surface area contributed by atoms with Crippen molar-refractivity contribution in [1.29, 1.82) is 0 Å². The number of aliphatic hydroxyl groups is 3. The summed E-state index contributed by atoms with van der Waals surface area (Å²) in [5, 5.41) is 29.2. The molecule has 0 bridgehead atoms. The molecular weight excluding hydrogens is 474 g/mol. The van der Waals surface area contributed by atoms with Gasteiger partial charge < -0.3 is 15.3 Å². The molecule has 3 N–H and O–H groups in total. The number of rotatable bonds is 5. The SMILES string of the molecule is C[C@H](C/C=C\C(O)(C(F)(F)F)C(F)(F)F)C1=CC[C@H]2/C(=C/C=C3C[C@H](O)C[C@@H](O)C3)CCC[C@@]12C. The van der Waals surface area contributed by atoms with Gasteiger partial charge in [0.15, 0.2) is 0 Å². The summed E-state index contributed by atoms with van der Waals surface area (Å²) < 4.78 is 77.6. The van der Waals surface area contributed by atoms with Gasteiger partial charge in [-0.15, -0.1) is 0 Å². The van der Waals surface area contributed by atoms with Gasteiger partial charge >= 0.3 is 12.4 Å². The minimum atomic E-state index is -5.86. The van der Waals surface area contributed by atoms with Gasteiger partial charge in [0.1, 0.15) is 0 Å². The van der Waals surface area contributed by atoms with Crippen LogP contribution in [0.25, 0.3) is 0 Å². The van der Waals surface area contributed by atoms with E-state index in [0.717, 1.165) is 42.9 Å². The zero-order chi connectivity index (χ0) is 26.2. The molecule has 3 rings (SSSR count). The van der Waals surface area contributed by atoms with Crippen LogP contribution >= 0.6 is 0 Å². The lowest BCUT2D eigenvalue weighted by molar-refractivity contribution is -0.347. The van der Waals surface area contributed by atoms with Crippen molar-refractivity contribution < 1.29 is 41.7 Å². The third-order valence-electron chi connectivity index (χ3n) is 7.93. The van der Waals surface area contributed by atoms with E-state index in [1.807, 2.05) is 6.08 Å². The van der Waals surface area contributed by atoms with Crippen LogP contribution in [0.4, 0.5) is 26.3 Å². The van der Waals surface area contributed by atoms with Crippen molar-refractivity contribution >= 4 is 0 Å². The predicted molar refractivity (Wildman–Crippen MR) is 120 cm³/mol. The maximum Gasteiger partial charge on any atom is 0.429 e. The van der Waals surface area contributed by atoms with Crippen LogP contribution in [0.5, 0.6) is 0 Å². The van der Waals surface area contributed by atoms with Gasteiger partial charge in [-0.2, -0.15) is 26.3 Å². The molecule has 0 aromatic heterocycles. The lowest BCUT2D eigenvalue weighted by Crippen LogP contribution is -2.55. The van der Waals surface area contributed by atoms with Gasteiger partial charge in [-0.25, -0.2) is 0 Å². The summed E-state index contributed by atoms with van der Waals surface area (Å²) in [6.07, 6.45) is -1.33. The molecule has 35 heavy (non-hydrogen) atoms. The lowest BCUT2D eigenvalue weighted by atomic mass is 9.62. The smallest absolute Gasteiger partial charge is 0.393 e. The van der Waals surface area contributed by atoms with Gasteiger partial charge in [0, 0.05) is 0 Å². The van der Waals surface area contributed by atoms with Gasteiger partial charge in [0.25, 0.3) is 5.60 Å². The molecule has 0 aliphatic heterocycles. The molecule has 0 aromatic rings. The third-order valence-corrected chi connectivity index (χ3v) is 7.93. The van der Waals surface area contributed by atoms with Crippen molar-refractivity contribution in [3.05, 3.63) is 47.1 Å². The number of hydrogen-bond acceptors (Lipinski definition) is 3. The Balaban J connectivity index is 1.73. The Morgan fingerprint density at radius 2 is 1.66 bits per heavy atom. The van der Waals surface area contributed by atoms with Gasteiger partial charge in [-0.3, -0.25) is 0 Å². The first-order chi connectivity index (χ1) is 16.1. The van der Waals surface area contributed by atoms with Crippen molar-refractivity contribution in [3.8, 4) is 0 Å². The zero-order valence-corrected chi connectivity index (χ0v) is 20.0. The minimum absolute atomic E-state index is 0.0541. The highest BCUT2D eigenvalue weighted by Crippen LogP contribution is 2.57. The fraction of sp³-hybridized carbons (Fsp3) is 0.692. The number of fused-ring (bicyclic) bond motifs is 1. The van der Waals surface area contributed by atoms with Crippen molar-refractivity contribution in [1.82, 2.24) is 0 Å². The Bertz CT molecular complexity index is 872. The Hall–Kier alpha value is -1.58. The van der Waals surface area contributed by atoms with E-state index in [4.69, 9.17) is 0 Å². The van der Waals surface area contributed by atoms with Crippen LogP contribution in [-0.2, 0) is 0 Å². The summed E-state index contributed by atoms with van der Waals surface area (Å²) in [5.74, 6) is -0.0939. The first kappa shape index (κ1) is 28.0. The number of hydrogen-bond donors (Lipinski definition) is 3. The molecule has 2 saturated carbocycles. The maximum atomic E-state index is 12.9. The quantitative estimate of drug-likeness (QED) is 0.301. The second kappa shape index (κ2) is 10.1. The Labute approximate surface area is 201 Å². The van der Waals surface area contributed by atoms with E-state index >= 15 is 0 Å². The Morgan fingerprint density at radius 1 is 1.06 bits per heavy atom. The fourth-order valence-electron chi connectivity index (χ4n) is 6.07. The molecule has 9 heteroatoms. The molecule has 0 amide bonds. The lowest BCUT2D eigenvalue weighted by Gasteiger charge is -2.42. The first-order valence-electron chi connectivity index (χ1n) is 12.1. The molecule has 0 heterocycles. The molecule has 3 nitrogen and oxygen atoms in total. The average Bonchev–Trinajstić information content (AvgIpc) is 3.07. The molecule has 3 aliphatic rings. The summed E-state index contributed by atoms with van der Waals surface area (Å²) in [6.45, 7) is 3.89. The Morgan fingerprint density at radius 3 is 2.23 bits per heavy atom. The largest absolute Gasteiger partial charge is 0.429 e. The van der Waals surface area contributed by atoms with Crippen LogP contribution in [0.3, 0.4) is 0 Å². The van der Waals surface area contributed by atoms with Gasteiger partial charge in [-0.1, -0.05) is 54.9 Å². The highest BCUT2D eigenvalue weighted by Gasteiger charge is 2.68. The minimum Gasteiger partial charge on any atom is -0.393 e. The topological polar surface area (TPSA) is 60.7 Å². The second-order valence-corrected chi connectivity index (χ2v) is 10.5. The monoisotopic (exact) mass is 508 g/mol. The van der Waals surface area contributed by atoms with Crippen LogP contribution in [0.15, 0.2) is 47.1 Å². The van der Waals surface area contributed by atoms with E-state index in [2.05, 4.69) is 19.1 Å². The fourth-order valence-corrected chi connectivity index (χ4v) is 6.07. The summed E-state index contributed by atoms with van der Waals surface area (Å²) >= 11 is 0. The number of allylic oxidation sites excluding steroid dienone is 6. The molecule has 5 atom stereocenters. The summed E-state index contributed by atoms with van der Waals surface area (Å²) in [6, 6.07) is 0. The van der Waals surface area contributed by atoms with Crippen LogP contribution in [0.2, 0.25) is 0 Å². The van der Waals surface area contributed by atoms with Crippen LogP contribution < -0.4 is 0 Å². The molecular formula is C26H34F6O3. The standard InChI is InChI=1S/C26H34F6O3/c1-16(5-3-12-24(35,25(27,28)29)26(30,31)32)21-9-10-22-18(6-4-11-23(21,22)2)8-7-17-13-19(33)15-20(34)14-17/h3,7-9,12,16,19-20,22,33-35H,4-6,10-11,13-15H2,1-2H3/b12-3-,18-8+/t16-,19+,20+,22+,23+/m1/s1. The van der Waals surface area contributed by atoms with Crippen molar-refractivity contribution in [2.45, 2.75) is 95.4 Å². The van der Waals surface area contributed by atoms with E-state index in [0.29, 0.717) is 19.3 Å². The maximum absolute atomic E-state index is 12.9. The van der Waals surface area contributed by atoms with E-state index in [1.54, 1.807) is 6.92 Å². The molecule has 0 aromatic carbocycles. The van der Waals surface area contributed by atoms with Gasteiger partial charge in [0.05, 0.1) is 12.2 Å². The van der Waals surface area contributed by atoms with Crippen LogP contribution in [-0.4, -0.2) is 45.5 Å². The number of alkyl halides is 6. The highest BCUT2D eigenvalue weighted by molar-refractivity contribution is 5.35. The zero-order valence-electron chi connectivity index (χ0n) is 20.0. The van der Waals surface area contributed by atoms with Gasteiger partial charge in [0.2, 0.25) is 0 Å². The van der Waals surface area contributed by atoms with Crippen molar-refractivity contribution in [3.63, 3.8) is 0 Å². The third kappa shape index (κ3) is 5.72. The van der Waals surface area contributed by atoms with Crippen LogP contribution in [0.1, 0.15) is 65.2 Å². The molecule has 0 unspecified atom stereocenters. The number of halogens is 6. The van der Waals surface area contributed by atoms with E-state index in [-0.39, 0.29) is 29.7 Å². The molecule has 0 spiro atoms. The molecule has 3 aliphatic carbocycles. The normalized spacial score (nSPS) is 32.7. The van der Waals surface area contributed by atoms with E-state index < -0.39 is 30.2 Å². The molecule has 0 radical (unpaired) electrons. The number of aliphatic hydroxyl groups excluding tert-OH is 2. The molecule has 198 valence electrons. The Kier molecular flexibility index (Phi) is 8.04. The second-order valence-electron chi connectivity index (χ2n) is 10.5. The molecule has 0 saturated heterocycles. The summed E-state index contributed by atoms with van der Waals surface area (Å²) in [4.78, 5) is 0. The predicted octanol–water partition coefficient (Wildman–Crippen LogP) is 6.32. The summed E-state index contributed by atoms with van der Waals surface area (Å²) in [5.41, 5.74) is -1.87. The molecule has 2 fully saturated rings. The van der Waals surface area contributed by atoms with E-state index in [9.17, 15) is 41.7 Å². The van der Waals surface area contributed by atoms with Crippen molar-refractivity contribution in [2.24, 2.45) is 17.3 Å². The van der Waals surface area contributed by atoms with Crippen LogP contribution in [0, 0.1) is 17.3 Å². The van der Waals surface area contributed by atoms with Gasteiger partial charge in [-0.05, 0) is 74.7 Å². The van der Waals surface area contributed by atoms with Crippen molar-refractivity contribution in [2.75, 3.05) is 0 Å². The first-order valence-corrected chi connectivity index (χ1v) is 12.1. The average molecular weight is 509 g/mol. The highest BCUT2D eigenvalue weighted by atomic mass is 19.4.